The molecule has 1 saturated heterocycles. The zero-order valence-corrected chi connectivity index (χ0v) is 11.5. The monoisotopic (exact) mass is 274 g/mol. The lowest BCUT2D eigenvalue weighted by atomic mass is 9.98. The summed E-state index contributed by atoms with van der Waals surface area (Å²) in [5.74, 6) is 0.337. The van der Waals surface area contributed by atoms with Crippen LogP contribution < -0.4 is 10.1 Å². The van der Waals surface area contributed by atoms with E-state index in [0.29, 0.717) is 24.4 Å². The number of nitrogens with zero attached hydrogens (tertiary/aromatic N) is 1. The number of piperazine rings is 1. The van der Waals surface area contributed by atoms with Crippen LogP contribution >= 0.6 is 0 Å². The van der Waals surface area contributed by atoms with Crippen molar-refractivity contribution in [2.24, 2.45) is 0 Å². The number of rotatable bonds is 2. The molecule has 0 radical (unpaired) electrons. The first-order chi connectivity index (χ1) is 9.72. The smallest absolute Gasteiger partial charge is 0.230 e. The van der Waals surface area contributed by atoms with E-state index in [4.69, 9.17) is 4.74 Å². The number of fused-ring (bicyclic) bond motifs is 1. The summed E-state index contributed by atoms with van der Waals surface area (Å²) in [4.78, 5) is 26.6. The summed E-state index contributed by atoms with van der Waals surface area (Å²) in [6.07, 6.45) is 0.262. The second kappa shape index (κ2) is 5.25. The lowest BCUT2D eigenvalue weighted by Gasteiger charge is -2.30. The summed E-state index contributed by atoms with van der Waals surface area (Å²) in [6, 6.07) is 5.40. The number of nitrogens with one attached hydrogen (secondary N) is 1. The van der Waals surface area contributed by atoms with Gasteiger partial charge in [0.05, 0.1) is 13.0 Å². The van der Waals surface area contributed by atoms with E-state index in [-0.39, 0.29) is 24.0 Å². The zero-order valence-electron chi connectivity index (χ0n) is 11.5. The molecule has 1 amide bonds. The molecule has 0 saturated carbocycles. The van der Waals surface area contributed by atoms with Crippen LogP contribution in [-0.2, 0) is 4.79 Å². The third-order valence-corrected chi connectivity index (χ3v) is 4.05. The third kappa shape index (κ3) is 2.08. The summed E-state index contributed by atoms with van der Waals surface area (Å²) in [7, 11) is 1.57. The van der Waals surface area contributed by atoms with Gasteiger partial charge in [0, 0.05) is 43.7 Å². The Hall–Kier alpha value is -1.88. The molecule has 1 fully saturated rings. The molecule has 20 heavy (non-hydrogen) atoms. The van der Waals surface area contributed by atoms with E-state index in [9.17, 15) is 9.59 Å². The predicted octanol–water partition coefficient (Wildman–Crippen LogP) is 0.797. The Morgan fingerprint density at radius 1 is 1.35 bits per heavy atom. The largest absolute Gasteiger partial charge is 0.496 e. The van der Waals surface area contributed by atoms with Gasteiger partial charge < -0.3 is 15.0 Å². The molecule has 5 heteroatoms. The van der Waals surface area contributed by atoms with Gasteiger partial charge in [-0.05, 0) is 6.07 Å². The molecule has 2 aliphatic rings. The molecule has 3 rings (SSSR count). The number of Topliss-reactive ketones (excluding diaryl/α,β-unsaturated/α-hetero) is 1. The number of hydrogen-bond donors (Lipinski definition) is 1. The van der Waals surface area contributed by atoms with E-state index < -0.39 is 0 Å². The highest BCUT2D eigenvalue weighted by molar-refractivity contribution is 6.07. The molecule has 1 unspecified atom stereocenters. The van der Waals surface area contributed by atoms with Gasteiger partial charge >= 0.3 is 0 Å². The van der Waals surface area contributed by atoms with Crippen LogP contribution in [0.5, 0.6) is 5.75 Å². The van der Waals surface area contributed by atoms with Crippen LogP contribution in [-0.4, -0.2) is 49.9 Å². The van der Waals surface area contributed by atoms with Gasteiger partial charge in [0.2, 0.25) is 5.91 Å². The molecular weight excluding hydrogens is 256 g/mol. The average molecular weight is 274 g/mol. The first kappa shape index (κ1) is 13.1. The van der Waals surface area contributed by atoms with Crippen molar-refractivity contribution in [2.45, 2.75) is 12.3 Å². The van der Waals surface area contributed by atoms with E-state index in [1.165, 1.54) is 0 Å². The first-order valence-corrected chi connectivity index (χ1v) is 6.92. The number of amides is 1. The van der Waals surface area contributed by atoms with Gasteiger partial charge in [-0.3, -0.25) is 9.59 Å². The molecule has 5 nitrogen and oxygen atoms in total. The Morgan fingerprint density at radius 3 is 2.80 bits per heavy atom. The normalized spacial score (nSPS) is 21.8. The van der Waals surface area contributed by atoms with E-state index in [1.54, 1.807) is 19.2 Å². The number of ketones is 1. The van der Waals surface area contributed by atoms with Gasteiger partial charge in [-0.2, -0.15) is 0 Å². The van der Waals surface area contributed by atoms with E-state index >= 15 is 0 Å². The molecule has 106 valence electrons. The van der Waals surface area contributed by atoms with Crippen molar-refractivity contribution >= 4 is 11.7 Å². The van der Waals surface area contributed by atoms with Crippen molar-refractivity contribution in [3.05, 3.63) is 29.3 Å². The second-order valence-electron chi connectivity index (χ2n) is 5.18. The fourth-order valence-electron chi connectivity index (χ4n) is 3.04. The summed E-state index contributed by atoms with van der Waals surface area (Å²) in [5.41, 5.74) is 1.40. The van der Waals surface area contributed by atoms with Crippen molar-refractivity contribution in [1.29, 1.82) is 0 Å². The van der Waals surface area contributed by atoms with Crippen LogP contribution in [0.25, 0.3) is 0 Å². The van der Waals surface area contributed by atoms with E-state index in [1.807, 2.05) is 11.0 Å². The molecule has 1 aromatic carbocycles. The lowest BCUT2D eigenvalue weighted by molar-refractivity contribution is -0.133. The number of ether oxygens (including phenoxy) is 1. The van der Waals surface area contributed by atoms with E-state index in [2.05, 4.69) is 5.32 Å². The Bertz CT molecular complexity index is 550. The minimum atomic E-state index is -0.383. The van der Waals surface area contributed by atoms with Crippen LogP contribution in [0.4, 0.5) is 0 Å². The highest BCUT2D eigenvalue weighted by atomic mass is 16.5. The summed E-state index contributed by atoms with van der Waals surface area (Å²) >= 11 is 0. The molecule has 1 aromatic rings. The van der Waals surface area contributed by atoms with Crippen molar-refractivity contribution in [3.63, 3.8) is 0 Å². The molecule has 1 N–H and O–H groups in total. The number of carbonyl (C=O) groups excluding carboxylic acids is 2. The summed E-state index contributed by atoms with van der Waals surface area (Å²) in [6.45, 7) is 3.03. The molecule has 1 heterocycles. The van der Waals surface area contributed by atoms with E-state index in [0.717, 1.165) is 18.7 Å². The molecule has 0 aromatic heterocycles. The molecular formula is C15H18N2O3. The third-order valence-electron chi connectivity index (χ3n) is 4.05. The molecule has 1 aliphatic heterocycles. The quantitative estimate of drug-likeness (QED) is 0.866. The Labute approximate surface area is 117 Å². The van der Waals surface area contributed by atoms with Crippen molar-refractivity contribution in [2.75, 3.05) is 33.3 Å². The van der Waals surface area contributed by atoms with Crippen molar-refractivity contribution < 1.29 is 14.3 Å². The first-order valence-electron chi connectivity index (χ1n) is 6.92. The summed E-state index contributed by atoms with van der Waals surface area (Å²) in [5, 5.41) is 3.23. The summed E-state index contributed by atoms with van der Waals surface area (Å²) < 4.78 is 5.34. The van der Waals surface area contributed by atoms with Gasteiger partial charge in [0.15, 0.2) is 5.78 Å². The van der Waals surface area contributed by atoms with Crippen molar-refractivity contribution in [1.82, 2.24) is 10.2 Å². The SMILES string of the molecule is COc1cccc2c1C(C(=O)N1CCNCC1)CC2=O. The Kier molecular flexibility index (Phi) is 3.44. The molecule has 0 bridgehead atoms. The maximum absolute atomic E-state index is 12.7. The molecule has 1 atom stereocenters. The number of hydrogen-bond acceptors (Lipinski definition) is 4. The zero-order chi connectivity index (χ0) is 14.1. The van der Waals surface area contributed by atoms with Gasteiger partial charge in [0.1, 0.15) is 5.75 Å². The van der Waals surface area contributed by atoms with Crippen molar-refractivity contribution in [3.8, 4) is 5.75 Å². The fraction of sp³-hybridized carbons (Fsp3) is 0.467. The maximum Gasteiger partial charge on any atom is 0.230 e. The average Bonchev–Trinajstić information content (AvgIpc) is 2.85. The van der Waals surface area contributed by atoms with Crippen LogP contribution in [0.3, 0.4) is 0 Å². The predicted molar refractivity (Wildman–Crippen MR) is 74.1 cm³/mol. The number of benzene rings is 1. The Morgan fingerprint density at radius 2 is 2.10 bits per heavy atom. The molecule has 1 aliphatic carbocycles. The lowest BCUT2D eigenvalue weighted by Crippen LogP contribution is -2.47. The number of methoxy groups -OCH3 is 1. The van der Waals surface area contributed by atoms with Crippen LogP contribution in [0, 0.1) is 0 Å². The highest BCUT2D eigenvalue weighted by Crippen LogP contribution is 2.40. The van der Waals surface area contributed by atoms with Crippen LogP contribution in [0.15, 0.2) is 18.2 Å². The van der Waals surface area contributed by atoms with Gasteiger partial charge in [0.25, 0.3) is 0 Å². The Balaban J connectivity index is 1.93. The number of carbonyl (C=O) groups is 2. The standard InChI is InChI=1S/C15H18N2O3/c1-20-13-4-2-3-10-12(18)9-11(14(10)13)15(19)17-7-5-16-6-8-17/h2-4,11,16H,5-9H2,1H3. The van der Waals surface area contributed by atoms with Gasteiger partial charge in [-0.25, -0.2) is 0 Å². The molecule has 0 spiro atoms. The minimum Gasteiger partial charge on any atom is -0.496 e. The fourth-order valence-corrected chi connectivity index (χ4v) is 3.04. The maximum atomic E-state index is 12.7. The van der Waals surface area contributed by atoms with Gasteiger partial charge in [-0.15, -0.1) is 0 Å². The topological polar surface area (TPSA) is 58.6 Å². The van der Waals surface area contributed by atoms with Crippen LogP contribution in [0.2, 0.25) is 0 Å². The highest BCUT2D eigenvalue weighted by Gasteiger charge is 2.38. The second-order valence-corrected chi connectivity index (χ2v) is 5.18. The minimum absolute atomic E-state index is 0.0346. The van der Waals surface area contributed by atoms with Crippen LogP contribution in [0.1, 0.15) is 28.3 Å². The van der Waals surface area contributed by atoms with Gasteiger partial charge in [-0.1, -0.05) is 12.1 Å².